The Morgan fingerprint density at radius 2 is 1.71 bits per heavy atom. The lowest BCUT2D eigenvalue weighted by Gasteiger charge is -2.01. The SMILES string of the molecule is CCCCCCCCC(=O)c1ccn(-c2ccccc2)n1. The van der Waals surface area contributed by atoms with E-state index >= 15 is 0 Å². The van der Waals surface area contributed by atoms with Crippen molar-refractivity contribution < 1.29 is 4.79 Å². The Morgan fingerprint density at radius 3 is 2.48 bits per heavy atom. The number of carbonyl (C=O) groups is 1. The van der Waals surface area contributed by atoms with Crippen LogP contribution in [0.25, 0.3) is 5.69 Å². The maximum Gasteiger partial charge on any atom is 0.183 e. The van der Waals surface area contributed by atoms with Gasteiger partial charge in [0, 0.05) is 12.6 Å². The Hall–Kier alpha value is -1.90. The second-order valence-corrected chi connectivity index (χ2v) is 5.42. The van der Waals surface area contributed by atoms with Gasteiger partial charge in [-0.3, -0.25) is 4.79 Å². The number of ketones is 1. The molecule has 1 heterocycles. The summed E-state index contributed by atoms with van der Waals surface area (Å²) in [5, 5.41) is 4.38. The van der Waals surface area contributed by atoms with Crippen molar-refractivity contribution in [2.24, 2.45) is 0 Å². The van der Waals surface area contributed by atoms with E-state index in [0.29, 0.717) is 12.1 Å². The van der Waals surface area contributed by atoms with E-state index in [2.05, 4.69) is 12.0 Å². The summed E-state index contributed by atoms with van der Waals surface area (Å²) in [5.41, 5.74) is 1.56. The molecule has 0 bridgehead atoms. The van der Waals surface area contributed by atoms with Crippen LogP contribution in [0.2, 0.25) is 0 Å². The lowest BCUT2D eigenvalue weighted by atomic mass is 10.1. The molecule has 0 amide bonds. The molecule has 0 spiro atoms. The van der Waals surface area contributed by atoms with Gasteiger partial charge >= 0.3 is 0 Å². The molecule has 2 rings (SSSR count). The van der Waals surface area contributed by atoms with E-state index in [1.807, 2.05) is 42.6 Å². The summed E-state index contributed by atoms with van der Waals surface area (Å²) in [5.74, 6) is 0.153. The summed E-state index contributed by atoms with van der Waals surface area (Å²) >= 11 is 0. The zero-order valence-corrected chi connectivity index (χ0v) is 12.8. The lowest BCUT2D eigenvalue weighted by molar-refractivity contribution is 0.0974. The van der Waals surface area contributed by atoms with E-state index in [4.69, 9.17) is 0 Å². The molecule has 0 saturated heterocycles. The van der Waals surface area contributed by atoms with Crippen molar-refractivity contribution in [1.29, 1.82) is 0 Å². The molecule has 0 aliphatic heterocycles. The second kappa shape index (κ2) is 8.40. The number of nitrogens with zero attached hydrogens (tertiary/aromatic N) is 2. The molecule has 21 heavy (non-hydrogen) atoms. The van der Waals surface area contributed by atoms with E-state index < -0.39 is 0 Å². The monoisotopic (exact) mass is 284 g/mol. The van der Waals surface area contributed by atoms with Gasteiger partial charge in [-0.25, -0.2) is 4.68 Å². The number of hydrogen-bond acceptors (Lipinski definition) is 2. The smallest absolute Gasteiger partial charge is 0.183 e. The van der Waals surface area contributed by atoms with Crippen LogP contribution in [0, 0.1) is 0 Å². The molecule has 0 saturated carbocycles. The van der Waals surface area contributed by atoms with Crippen molar-refractivity contribution in [2.75, 3.05) is 0 Å². The summed E-state index contributed by atoms with van der Waals surface area (Å²) in [7, 11) is 0. The van der Waals surface area contributed by atoms with Crippen LogP contribution in [0.5, 0.6) is 0 Å². The number of unbranched alkanes of at least 4 members (excludes halogenated alkanes) is 5. The fourth-order valence-electron chi connectivity index (χ4n) is 2.39. The molecule has 3 nitrogen and oxygen atoms in total. The van der Waals surface area contributed by atoms with Gasteiger partial charge in [-0.1, -0.05) is 57.2 Å². The summed E-state index contributed by atoms with van der Waals surface area (Å²) < 4.78 is 1.76. The standard InChI is InChI=1S/C18H24N2O/c1-2-3-4-5-6-10-13-18(21)17-14-15-20(19-17)16-11-8-7-9-12-16/h7-9,11-12,14-15H,2-6,10,13H2,1H3. The number of carbonyl (C=O) groups excluding carboxylic acids is 1. The Morgan fingerprint density at radius 1 is 1.00 bits per heavy atom. The van der Waals surface area contributed by atoms with Gasteiger partial charge in [-0.05, 0) is 24.6 Å². The predicted octanol–water partition coefficient (Wildman–Crippen LogP) is 4.81. The minimum atomic E-state index is 0.153. The van der Waals surface area contributed by atoms with Crippen LogP contribution in [0.4, 0.5) is 0 Å². The fourth-order valence-corrected chi connectivity index (χ4v) is 2.39. The van der Waals surface area contributed by atoms with E-state index in [9.17, 15) is 4.79 Å². The zero-order valence-electron chi connectivity index (χ0n) is 12.8. The molecule has 0 fully saturated rings. The Balaban J connectivity index is 1.80. The quantitative estimate of drug-likeness (QED) is 0.489. The first-order chi connectivity index (χ1) is 10.3. The number of Topliss-reactive ketones (excluding diaryl/α,β-unsaturated/α-hetero) is 1. The Labute approximate surface area is 127 Å². The third-order valence-corrected chi connectivity index (χ3v) is 3.65. The summed E-state index contributed by atoms with van der Waals surface area (Å²) in [6.45, 7) is 2.21. The van der Waals surface area contributed by atoms with Gasteiger partial charge in [-0.2, -0.15) is 5.10 Å². The van der Waals surface area contributed by atoms with Crippen LogP contribution >= 0.6 is 0 Å². The van der Waals surface area contributed by atoms with Crippen molar-refractivity contribution in [3.8, 4) is 5.69 Å². The van der Waals surface area contributed by atoms with Gasteiger partial charge in [0.1, 0.15) is 5.69 Å². The van der Waals surface area contributed by atoms with Crippen molar-refractivity contribution in [2.45, 2.75) is 51.9 Å². The van der Waals surface area contributed by atoms with Crippen LogP contribution in [0.15, 0.2) is 42.6 Å². The number of aromatic nitrogens is 2. The van der Waals surface area contributed by atoms with Gasteiger partial charge in [0.2, 0.25) is 0 Å². The molecule has 0 atom stereocenters. The van der Waals surface area contributed by atoms with Crippen LogP contribution in [0.3, 0.4) is 0 Å². The first-order valence-corrected chi connectivity index (χ1v) is 7.95. The molecular formula is C18H24N2O. The molecule has 2 aromatic rings. The first-order valence-electron chi connectivity index (χ1n) is 7.95. The largest absolute Gasteiger partial charge is 0.292 e. The highest BCUT2D eigenvalue weighted by molar-refractivity contribution is 5.94. The van der Waals surface area contributed by atoms with Gasteiger partial charge < -0.3 is 0 Å². The zero-order chi connectivity index (χ0) is 14.9. The average Bonchev–Trinajstić information content (AvgIpc) is 3.01. The van der Waals surface area contributed by atoms with E-state index in [1.165, 1.54) is 25.7 Å². The van der Waals surface area contributed by atoms with E-state index in [1.54, 1.807) is 4.68 Å². The van der Waals surface area contributed by atoms with Gasteiger partial charge in [0.15, 0.2) is 5.78 Å². The Bertz CT molecular complexity index is 545. The maximum atomic E-state index is 12.1. The highest BCUT2D eigenvalue weighted by Gasteiger charge is 2.09. The van der Waals surface area contributed by atoms with Crippen LogP contribution in [-0.2, 0) is 0 Å². The molecule has 3 heteroatoms. The third kappa shape index (κ3) is 4.85. The molecule has 0 aliphatic rings. The highest BCUT2D eigenvalue weighted by Crippen LogP contribution is 2.11. The molecule has 1 aromatic carbocycles. The van der Waals surface area contributed by atoms with Crippen molar-refractivity contribution >= 4 is 5.78 Å². The topological polar surface area (TPSA) is 34.9 Å². The van der Waals surface area contributed by atoms with Gasteiger partial charge in [0.05, 0.1) is 5.69 Å². The van der Waals surface area contributed by atoms with Gasteiger partial charge in [0.25, 0.3) is 0 Å². The van der Waals surface area contributed by atoms with E-state index in [0.717, 1.165) is 18.5 Å². The molecule has 0 aliphatic carbocycles. The molecule has 0 unspecified atom stereocenters. The molecular weight excluding hydrogens is 260 g/mol. The van der Waals surface area contributed by atoms with Crippen LogP contribution < -0.4 is 0 Å². The lowest BCUT2D eigenvalue weighted by Crippen LogP contribution is -2.02. The second-order valence-electron chi connectivity index (χ2n) is 5.42. The van der Waals surface area contributed by atoms with Crippen molar-refractivity contribution in [3.63, 3.8) is 0 Å². The molecule has 0 radical (unpaired) electrons. The predicted molar refractivity (Wildman–Crippen MR) is 85.9 cm³/mol. The van der Waals surface area contributed by atoms with Crippen LogP contribution in [0.1, 0.15) is 62.4 Å². The summed E-state index contributed by atoms with van der Waals surface area (Å²) in [4.78, 5) is 12.1. The number of para-hydroxylation sites is 1. The van der Waals surface area contributed by atoms with E-state index in [-0.39, 0.29) is 5.78 Å². The normalized spacial score (nSPS) is 10.7. The summed E-state index contributed by atoms with van der Waals surface area (Å²) in [6, 6.07) is 11.7. The van der Waals surface area contributed by atoms with Crippen molar-refractivity contribution in [3.05, 3.63) is 48.3 Å². The maximum absolute atomic E-state index is 12.1. The molecule has 1 aromatic heterocycles. The number of hydrogen-bond donors (Lipinski definition) is 0. The molecule has 112 valence electrons. The first kappa shape index (κ1) is 15.5. The highest BCUT2D eigenvalue weighted by atomic mass is 16.1. The molecule has 0 N–H and O–H groups in total. The third-order valence-electron chi connectivity index (χ3n) is 3.65. The minimum absolute atomic E-state index is 0.153. The van der Waals surface area contributed by atoms with Crippen molar-refractivity contribution in [1.82, 2.24) is 9.78 Å². The van der Waals surface area contributed by atoms with Crippen LogP contribution in [-0.4, -0.2) is 15.6 Å². The number of rotatable bonds is 9. The average molecular weight is 284 g/mol. The van der Waals surface area contributed by atoms with Gasteiger partial charge in [-0.15, -0.1) is 0 Å². The number of benzene rings is 1. The Kier molecular flexibility index (Phi) is 6.20. The summed E-state index contributed by atoms with van der Waals surface area (Å²) in [6.07, 6.45) is 9.66. The minimum Gasteiger partial charge on any atom is -0.292 e. The fraction of sp³-hybridized carbons (Fsp3) is 0.444.